The van der Waals surface area contributed by atoms with Crippen LogP contribution in [-0.2, 0) is 9.84 Å². The highest BCUT2D eigenvalue weighted by Crippen LogP contribution is 2.22. The molecular formula is C14H12ClN5O3S. The molecule has 0 aliphatic heterocycles. The maximum atomic E-state index is 12.5. The molecule has 0 fully saturated rings. The normalized spacial score (nSPS) is 13.4. The van der Waals surface area contributed by atoms with Gasteiger partial charge in [-0.15, -0.1) is 10.2 Å². The van der Waals surface area contributed by atoms with Crippen molar-refractivity contribution in [1.29, 1.82) is 0 Å². The molecule has 124 valence electrons. The van der Waals surface area contributed by atoms with E-state index in [9.17, 15) is 13.5 Å². The van der Waals surface area contributed by atoms with E-state index in [0.717, 1.165) is 0 Å². The molecule has 2 aromatic heterocycles. The Kier molecular flexibility index (Phi) is 4.47. The molecule has 0 radical (unpaired) electrons. The smallest absolute Gasteiger partial charge is 0.221 e. The molecule has 2 heterocycles. The number of tetrazole rings is 1. The number of aliphatic hydroxyl groups is 1. The molecule has 1 aromatic carbocycles. The summed E-state index contributed by atoms with van der Waals surface area (Å²) in [5, 5.41) is 23.2. The first-order chi connectivity index (χ1) is 11.5. The number of hydrogen-bond donors (Lipinski definition) is 3. The number of rotatable bonds is 5. The lowest BCUT2D eigenvalue weighted by molar-refractivity contribution is 0.219. The zero-order valence-electron chi connectivity index (χ0n) is 12.1. The standard InChI is InChI=1S/C14H12ClN5O3S/c15-9-1-5-11(6-2-9)24(22,23)13-8-4-10(16-13)3-7-12(21)14-17-19-20-18-14/h1-8,12,16,21H,(H,17,18,19,20). The highest BCUT2D eigenvalue weighted by Gasteiger charge is 2.19. The van der Waals surface area contributed by atoms with Gasteiger partial charge in [0.25, 0.3) is 0 Å². The zero-order valence-corrected chi connectivity index (χ0v) is 13.7. The number of halogens is 1. The molecule has 10 heteroatoms. The van der Waals surface area contributed by atoms with Crippen LogP contribution in [0, 0.1) is 0 Å². The quantitative estimate of drug-likeness (QED) is 0.632. The molecule has 3 N–H and O–H groups in total. The average molecular weight is 366 g/mol. The first-order valence-corrected chi connectivity index (χ1v) is 8.62. The third-order valence-electron chi connectivity index (χ3n) is 3.18. The first-order valence-electron chi connectivity index (χ1n) is 6.76. The van der Waals surface area contributed by atoms with Gasteiger partial charge < -0.3 is 10.1 Å². The molecule has 0 bridgehead atoms. The minimum atomic E-state index is -3.67. The van der Waals surface area contributed by atoms with Crippen molar-refractivity contribution in [2.45, 2.75) is 16.0 Å². The third-order valence-corrected chi connectivity index (χ3v) is 5.14. The number of nitrogens with one attached hydrogen (secondary N) is 2. The van der Waals surface area contributed by atoms with Gasteiger partial charge in [0.1, 0.15) is 11.1 Å². The van der Waals surface area contributed by atoms with Gasteiger partial charge in [-0.05, 0) is 48.6 Å². The molecule has 3 aromatic rings. The number of hydrogen-bond acceptors (Lipinski definition) is 6. The van der Waals surface area contributed by atoms with Crippen molar-refractivity contribution < 1.29 is 13.5 Å². The number of sulfone groups is 1. The van der Waals surface area contributed by atoms with Gasteiger partial charge in [0.2, 0.25) is 15.7 Å². The van der Waals surface area contributed by atoms with E-state index in [1.165, 1.54) is 42.5 Å². The van der Waals surface area contributed by atoms with Crippen LogP contribution in [0.25, 0.3) is 6.08 Å². The molecule has 0 aliphatic carbocycles. The van der Waals surface area contributed by atoms with E-state index in [-0.39, 0.29) is 15.7 Å². The summed E-state index contributed by atoms with van der Waals surface area (Å²) in [6.45, 7) is 0. The van der Waals surface area contributed by atoms with Gasteiger partial charge >= 0.3 is 0 Å². The van der Waals surface area contributed by atoms with E-state index in [1.54, 1.807) is 6.07 Å². The predicted octanol–water partition coefficient (Wildman–Crippen LogP) is 1.76. The second-order valence-corrected chi connectivity index (χ2v) is 7.16. The SMILES string of the molecule is O=S(=O)(c1ccc(Cl)cc1)c1ccc(C=CC(O)c2nn[nH]n2)[nH]1. The highest BCUT2D eigenvalue weighted by atomic mass is 35.5. The largest absolute Gasteiger partial charge is 0.381 e. The van der Waals surface area contributed by atoms with Crippen LogP contribution in [0.3, 0.4) is 0 Å². The fraction of sp³-hybridized carbons (Fsp3) is 0.0714. The lowest BCUT2D eigenvalue weighted by Gasteiger charge is -2.02. The molecule has 3 rings (SSSR count). The molecule has 8 nitrogen and oxygen atoms in total. The molecule has 0 saturated heterocycles. The van der Waals surface area contributed by atoms with E-state index >= 15 is 0 Å². The molecule has 0 spiro atoms. The first kappa shape index (κ1) is 16.4. The van der Waals surface area contributed by atoms with Crippen LogP contribution >= 0.6 is 11.6 Å². The van der Waals surface area contributed by atoms with Crippen LogP contribution in [0.2, 0.25) is 5.02 Å². The Morgan fingerprint density at radius 3 is 2.58 bits per heavy atom. The molecule has 0 saturated carbocycles. The Morgan fingerprint density at radius 2 is 1.92 bits per heavy atom. The van der Waals surface area contributed by atoms with Crippen LogP contribution in [0.15, 0.2) is 52.4 Å². The molecule has 1 unspecified atom stereocenters. The summed E-state index contributed by atoms with van der Waals surface area (Å²) >= 11 is 5.77. The Bertz CT molecular complexity index is 949. The van der Waals surface area contributed by atoms with Crippen molar-refractivity contribution in [2.24, 2.45) is 0 Å². The Morgan fingerprint density at radius 1 is 1.17 bits per heavy atom. The van der Waals surface area contributed by atoms with Crippen LogP contribution in [-0.4, -0.2) is 39.1 Å². The van der Waals surface area contributed by atoms with Gasteiger partial charge in [0.05, 0.1) is 4.90 Å². The van der Waals surface area contributed by atoms with Crippen molar-refractivity contribution in [3.63, 3.8) is 0 Å². The van der Waals surface area contributed by atoms with Gasteiger partial charge in [-0.1, -0.05) is 16.8 Å². The summed E-state index contributed by atoms with van der Waals surface area (Å²) in [6, 6.07) is 8.94. The predicted molar refractivity (Wildman–Crippen MR) is 85.9 cm³/mol. The number of aromatic amines is 2. The number of aliphatic hydroxyl groups excluding tert-OH is 1. The van der Waals surface area contributed by atoms with Crippen molar-refractivity contribution >= 4 is 27.5 Å². The van der Waals surface area contributed by atoms with E-state index in [2.05, 4.69) is 25.6 Å². The lowest BCUT2D eigenvalue weighted by Crippen LogP contribution is -2.02. The fourth-order valence-corrected chi connectivity index (χ4v) is 3.34. The van der Waals surface area contributed by atoms with Crippen LogP contribution in [0.4, 0.5) is 0 Å². The van der Waals surface area contributed by atoms with Crippen molar-refractivity contribution in [3.05, 3.63) is 59.0 Å². The summed E-state index contributed by atoms with van der Waals surface area (Å²) in [5.41, 5.74) is 0.505. The highest BCUT2D eigenvalue weighted by molar-refractivity contribution is 7.91. The summed E-state index contributed by atoms with van der Waals surface area (Å²) < 4.78 is 25.0. The number of H-pyrrole nitrogens is 2. The topological polar surface area (TPSA) is 125 Å². The van der Waals surface area contributed by atoms with Crippen LogP contribution < -0.4 is 0 Å². The molecule has 0 aliphatic rings. The minimum absolute atomic E-state index is 0.0403. The Hall–Kier alpha value is -2.49. The fourth-order valence-electron chi connectivity index (χ4n) is 1.96. The van der Waals surface area contributed by atoms with E-state index < -0.39 is 15.9 Å². The second-order valence-electron chi connectivity index (χ2n) is 4.81. The maximum absolute atomic E-state index is 12.5. The zero-order chi connectivity index (χ0) is 17.2. The molecule has 24 heavy (non-hydrogen) atoms. The molecule has 1 atom stereocenters. The second kappa shape index (κ2) is 6.56. The van der Waals surface area contributed by atoms with E-state index in [0.29, 0.717) is 10.7 Å². The summed E-state index contributed by atoms with van der Waals surface area (Å²) in [6.07, 6.45) is 1.89. The number of aromatic nitrogens is 5. The van der Waals surface area contributed by atoms with E-state index in [4.69, 9.17) is 11.6 Å². The summed E-state index contributed by atoms with van der Waals surface area (Å²) in [4.78, 5) is 2.92. The third kappa shape index (κ3) is 3.37. The van der Waals surface area contributed by atoms with Crippen LogP contribution in [0.1, 0.15) is 17.6 Å². The number of nitrogens with zero attached hydrogens (tertiary/aromatic N) is 3. The van der Waals surface area contributed by atoms with Crippen molar-refractivity contribution in [1.82, 2.24) is 25.6 Å². The monoisotopic (exact) mass is 365 g/mol. The Labute approximate surface area is 142 Å². The van der Waals surface area contributed by atoms with E-state index in [1.807, 2.05) is 0 Å². The van der Waals surface area contributed by atoms with Gasteiger partial charge in [-0.2, -0.15) is 5.21 Å². The van der Waals surface area contributed by atoms with Gasteiger partial charge in [-0.3, -0.25) is 0 Å². The van der Waals surface area contributed by atoms with Crippen LogP contribution in [0.5, 0.6) is 0 Å². The Balaban J connectivity index is 1.81. The lowest BCUT2D eigenvalue weighted by atomic mass is 10.3. The van der Waals surface area contributed by atoms with Gasteiger partial charge in [0.15, 0.2) is 0 Å². The maximum Gasteiger partial charge on any atom is 0.221 e. The van der Waals surface area contributed by atoms with Gasteiger partial charge in [-0.25, -0.2) is 8.42 Å². The summed E-state index contributed by atoms with van der Waals surface area (Å²) in [5.74, 6) is 0.117. The van der Waals surface area contributed by atoms with Crippen molar-refractivity contribution in [3.8, 4) is 0 Å². The number of benzene rings is 1. The molecular weight excluding hydrogens is 354 g/mol. The van der Waals surface area contributed by atoms with Gasteiger partial charge in [0, 0.05) is 10.7 Å². The summed E-state index contributed by atoms with van der Waals surface area (Å²) in [7, 11) is -3.67. The molecule has 0 amide bonds. The minimum Gasteiger partial charge on any atom is -0.381 e. The average Bonchev–Trinajstić information content (AvgIpc) is 3.25. The van der Waals surface area contributed by atoms with Crippen molar-refractivity contribution in [2.75, 3.05) is 0 Å².